The molecule has 0 aromatic heterocycles. The third-order valence-electron chi connectivity index (χ3n) is 4.01. The molecular formula is C18H23NO4S. The van der Waals surface area contributed by atoms with Gasteiger partial charge in [-0.3, -0.25) is 4.31 Å². The van der Waals surface area contributed by atoms with Crippen LogP contribution < -0.4 is 13.8 Å². The molecule has 0 atom stereocenters. The number of hydrogen-bond donors (Lipinski definition) is 0. The first-order valence-electron chi connectivity index (χ1n) is 7.67. The van der Waals surface area contributed by atoms with Gasteiger partial charge in [0.25, 0.3) is 10.0 Å². The monoisotopic (exact) mass is 349 g/mol. The van der Waals surface area contributed by atoms with Gasteiger partial charge in [-0.1, -0.05) is 6.07 Å². The van der Waals surface area contributed by atoms with E-state index in [9.17, 15) is 8.42 Å². The molecule has 0 aliphatic heterocycles. The summed E-state index contributed by atoms with van der Waals surface area (Å²) in [5.41, 5.74) is 2.82. The fourth-order valence-electron chi connectivity index (χ4n) is 2.48. The van der Waals surface area contributed by atoms with Crippen molar-refractivity contribution in [1.29, 1.82) is 0 Å². The molecular weight excluding hydrogens is 326 g/mol. The highest BCUT2D eigenvalue weighted by Crippen LogP contribution is 2.32. The predicted octanol–water partition coefficient (Wildman–Crippen LogP) is 3.54. The van der Waals surface area contributed by atoms with Crippen LogP contribution in [0.5, 0.6) is 11.5 Å². The van der Waals surface area contributed by atoms with Crippen LogP contribution in [0, 0.1) is 13.8 Å². The normalized spacial score (nSPS) is 11.2. The van der Waals surface area contributed by atoms with Crippen LogP contribution in [0.15, 0.2) is 41.3 Å². The second-order valence-electron chi connectivity index (χ2n) is 5.46. The Bertz CT molecular complexity index is 831. The van der Waals surface area contributed by atoms with Crippen molar-refractivity contribution in [1.82, 2.24) is 0 Å². The molecule has 0 aliphatic carbocycles. The molecule has 0 amide bonds. The summed E-state index contributed by atoms with van der Waals surface area (Å²) < 4.78 is 37.9. The lowest BCUT2D eigenvalue weighted by Crippen LogP contribution is -2.30. The fraction of sp³-hybridized carbons (Fsp3) is 0.333. The summed E-state index contributed by atoms with van der Waals surface area (Å²) >= 11 is 0. The van der Waals surface area contributed by atoms with Crippen molar-refractivity contribution in [3.63, 3.8) is 0 Å². The van der Waals surface area contributed by atoms with Gasteiger partial charge in [0.1, 0.15) is 0 Å². The van der Waals surface area contributed by atoms with Crippen molar-refractivity contribution in [2.24, 2.45) is 0 Å². The number of nitrogens with zero attached hydrogens (tertiary/aromatic N) is 1. The minimum Gasteiger partial charge on any atom is -0.493 e. The van der Waals surface area contributed by atoms with Crippen LogP contribution >= 0.6 is 0 Å². The Kier molecular flexibility index (Phi) is 5.39. The molecule has 2 rings (SSSR count). The highest BCUT2D eigenvalue weighted by atomic mass is 32.2. The summed E-state index contributed by atoms with van der Waals surface area (Å²) in [6.07, 6.45) is 0. The largest absolute Gasteiger partial charge is 0.493 e. The maximum Gasteiger partial charge on any atom is 0.264 e. The molecule has 0 heterocycles. The predicted molar refractivity (Wildman–Crippen MR) is 95.7 cm³/mol. The molecule has 0 fully saturated rings. The third kappa shape index (κ3) is 3.33. The topological polar surface area (TPSA) is 55.8 Å². The van der Waals surface area contributed by atoms with E-state index in [0.717, 1.165) is 11.1 Å². The molecule has 5 nitrogen and oxygen atoms in total. The lowest BCUT2D eigenvalue weighted by atomic mass is 10.1. The molecule has 6 heteroatoms. The van der Waals surface area contributed by atoms with Crippen molar-refractivity contribution >= 4 is 15.7 Å². The molecule has 0 unspecified atom stereocenters. The summed E-state index contributed by atoms with van der Waals surface area (Å²) in [4.78, 5) is 0.167. The average molecular weight is 349 g/mol. The van der Waals surface area contributed by atoms with Crippen molar-refractivity contribution < 1.29 is 17.9 Å². The molecule has 0 radical (unpaired) electrons. The average Bonchev–Trinajstić information content (AvgIpc) is 2.57. The molecule has 0 aliphatic rings. The standard InChI is InChI=1S/C18H23NO4S/c1-6-19(15-8-7-13(2)14(3)11-15)24(20,21)16-9-10-17(22-4)18(12-16)23-5/h7-12H,6H2,1-5H3. The Morgan fingerprint density at radius 1 is 0.917 bits per heavy atom. The maximum atomic E-state index is 13.1. The van der Waals surface area contributed by atoms with E-state index in [2.05, 4.69) is 0 Å². The Labute approximate surface area is 143 Å². The van der Waals surface area contributed by atoms with E-state index in [1.54, 1.807) is 6.07 Å². The first-order valence-corrected chi connectivity index (χ1v) is 9.11. The van der Waals surface area contributed by atoms with Gasteiger partial charge in [0, 0.05) is 12.6 Å². The van der Waals surface area contributed by atoms with Gasteiger partial charge in [0.15, 0.2) is 11.5 Å². The highest BCUT2D eigenvalue weighted by Gasteiger charge is 2.25. The number of ether oxygens (including phenoxy) is 2. The molecule has 0 saturated carbocycles. The van der Waals surface area contributed by atoms with Crippen LogP contribution in [0.4, 0.5) is 5.69 Å². The van der Waals surface area contributed by atoms with Gasteiger partial charge in [-0.25, -0.2) is 8.42 Å². The first kappa shape index (κ1) is 18.1. The lowest BCUT2D eigenvalue weighted by molar-refractivity contribution is 0.354. The molecule has 0 saturated heterocycles. The zero-order valence-corrected chi connectivity index (χ0v) is 15.5. The van der Waals surface area contributed by atoms with Gasteiger partial charge in [-0.2, -0.15) is 0 Å². The van der Waals surface area contributed by atoms with Crippen LogP contribution in [0.3, 0.4) is 0 Å². The van der Waals surface area contributed by atoms with E-state index in [-0.39, 0.29) is 4.90 Å². The molecule has 2 aromatic rings. The number of aryl methyl sites for hydroxylation is 2. The van der Waals surface area contributed by atoms with E-state index < -0.39 is 10.0 Å². The Hall–Kier alpha value is -2.21. The molecule has 0 spiro atoms. The summed E-state index contributed by atoms with van der Waals surface area (Å²) in [5, 5.41) is 0. The van der Waals surface area contributed by atoms with Crippen molar-refractivity contribution in [3.8, 4) is 11.5 Å². The van der Waals surface area contributed by atoms with E-state index in [1.165, 1.54) is 30.7 Å². The van der Waals surface area contributed by atoms with Gasteiger partial charge < -0.3 is 9.47 Å². The van der Waals surface area contributed by atoms with Gasteiger partial charge in [-0.15, -0.1) is 0 Å². The summed E-state index contributed by atoms with van der Waals surface area (Å²) in [6, 6.07) is 10.2. The molecule has 130 valence electrons. The van der Waals surface area contributed by atoms with Gasteiger partial charge in [0.2, 0.25) is 0 Å². The number of rotatable bonds is 6. The quantitative estimate of drug-likeness (QED) is 0.800. The Balaban J connectivity index is 2.52. The van der Waals surface area contributed by atoms with Gasteiger partial charge >= 0.3 is 0 Å². The second kappa shape index (κ2) is 7.13. The highest BCUT2D eigenvalue weighted by molar-refractivity contribution is 7.92. The molecule has 24 heavy (non-hydrogen) atoms. The minimum absolute atomic E-state index is 0.167. The van der Waals surface area contributed by atoms with Crippen LogP contribution in [0.2, 0.25) is 0 Å². The maximum absolute atomic E-state index is 13.1. The smallest absolute Gasteiger partial charge is 0.264 e. The van der Waals surface area contributed by atoms with E-state index in [1.807, 2.05) is 39.0 Å². The first-order chi connectivity index (χ1) is 11.3. The van der Waals surface area contributed by atoms with E-state index in [4.69, 9.17) is 9.47 Å². The number of hydrogen-bond acceptors (Lipinski definition) is 4. The van der Waals surface area contributed by atoms with Gasteiger partial charge in [-0.05, 0) is 56.2 Å². The van der Waals surface area contributed by atoms with Crippen LogP contribution in [-0.2, 0) is 10.0 Å². The summed E-state index contributed by atoms with van der Waals surface area (Å²) in [6.45, 7) is 6.11. The van der Waals surface area contributed by atoms with Crippen molar-refractivity contribution in [2.45, 2.75) is 25.7 Å². The van der Waals surface area contributed by atoms with Crippen LogP contribution in [-0.4, -0.2) is 29.2 Å². The van der Waals surface area contributed by atoms with E-state index >= 15 is 0 Å². The number of methoxy groups -OCH3 is 2. The van der Waals surface area contributed by atoms with Crippen LogP contribution in [0.1, 0.15) is 18.1 Å². The zero-order valence-electron chi connectivity index (χ0n) is 14.7. The second-order valence-corrected chi connectivity index (χ2v) is 7.32. The van der Waals surface area contributed by atoms with Gasteiger partial charge in [0.05, 0.1) is 24.8 Å². The minimum atomic E-state index is -3.69. The number of sulfonamides is 1. The molecule has 0 N–H and O–H groups in total. The summed E-state index contributed by atoms with van der Waals surface area (Å²) in [5.74, 6) is 0.875. The lowest BCUT2D eigenvalue weighted by Gasteiger charge is -2.24. The van der Waals surface area contributed by atoms with E-state index in [0.29, 0.717) is 23.7 Å². The Morgan fingerprint density at radius 2 is 1.58 bits per heavy atom. The third-order valence-corrected chi connectivity index (χ3v) is 5.91. The Morgan fingerprint density at radius 3 is 2.12 bits per heavy atom. The molecule has 0 bridgehead atoms. The molecule has 2 aromatic carbocycles. The van der Waals surface area contributed by atoms with Crippen molar-refractivity contribution in [3.05, 3.63) is 47.5 Å². The fourth-order valence-corrected chi connectivity index (χ4v) is 3.96. The van der Waals surface area contributed by atoms with Crippen LogP contribution in [0.25, 0.3) is 0 Å². The SMILES string of the molecule is CCN(c1ccc(C)c(C)c1)S(=O)(=O)c1ccc(OC)c(OC)c1. The summed E-state index contributed by atoms with van der Waals surface area (Å²) in [7, 11) is -0.699. The van der Waals surface area contributed by atoms with Crippen molar-refractivity contribution in [2.75, 3.05) is 25.1 Å². The number of benzene rings is 2. The number of anilines is 1. The zero-order chi connectivity index (χ0) is 17.9.